The van der Waals surface area contributed by atoms with Crippen molar-refractivity contribution < 1.29 is 32.6 Å². The molecule has 0 spiro atoms. The fourth-order valence-corrected chi connectivity index (χ4v) is 3.35. The second kappa shape index (κ2) is 7.13. The van der Waals surface area contributed by atoms with E-state index in [4.69, 9.17) is 27.9 Å². The molecular weight excluding hydrogens is 400 g/mol. The molecule has 1 aliphatic heterocycles. The fraction of sp³-hybridized carbons (Fsp3) is 0.467. The summed E-state index contributed by atoms with van der Waals surface area (Å²) in [6.45, 7) is 1.18. The zero-order valence-electron chi connectivity index (χ0n) is 13.6. The number of hydrogen-bond donors (Lipinski definition) is 2. The van der Waals surface area contributed by atoms with E-state index < -0.39 is 35.9 Å². The van der Waals surface area contributed by atoms with Gasteiger partial charge < -0.3 is 15.2 Å². The first-order chi connectivity index (χ1) is 11.9. The average Bonchev–Trinajstić information content (AvgIpc) is 2.51. The molecule has 0 aliphatic carbocycles. The number of halogens is 5. The van der Waals surface area contributed by atoms with E-state index in [1.807, 2.05) is 0 Å². The molecule has 2 amide bonds. The minimum Gasteiger partial charge on any atom is -0.466 e. The van der Waals surface area contributed by atoms with Crippen molar-refractivity contribution in [1.29, 1.82) is 0 Å². The maximum atomic E-state index is 13.7. The summed E-state index contributed by atoms with van der Waals surface area (Å²) in [7, 11) is 0.731. The van der Waals surface area contributed by atoms with Crippen molar-refractivity contribution in [1.82, 2.24) is 10.2 Å². The first kappa shape index (κ1) is 20.6. The van der Waals surface area contributed by atoms with Gasteiger partial charge in [-0.05, 0) is 24.6 Å². The van der Waals surface area contributed by atoms with Crippen molar-refractivity contribution in [2.45, 2.75) is 24.9 Å². The van der Waals surface area contributed by atoms with Gasteiger partial charge in [0, 0.05) is 17.1 Å². The SMILES string of the molecule is CCOC(=O)C1C(c2ccc(Cl)cc2Cl)NC(=O)N(C)C1(O)C(F)(F)F. The van der Waals surface area contributed by atoms with E-state index in [-0.39, 0.29) is 27.1 Å². The van der Waals surface area contributed by atoms with Gasteiger partial charge in [0.15, 0.2) is 0 Å². The predicted molar refractivity (Wildman–Crippen MR) is 86.6 cm³/mol. The van der Waals surface area contributed by atoms with E-state index in [1.54, 1.807) is 0 Å². The molecule has 11 heteroatoms. The molecule has 1 aromatic rings. The van der Waals surface area contributed by atoms with Gasteiger partial charge in [-0.3, -0.25) is 9.69 Å². The number of carbonyl (C=O) groups is 2. The number of esters is 1. The summed E-state index contributed by atoms with van der Waals surface area (Å²) >= 11 is 11.8. The number of aliphatic hydroxyl groups is 1. The standard InChI is InChI=1S/C15H15Cl2F3N2O4/c1-3-26-12(23)10-11(8-5-4-7(16)6-9(8)17)21-13(24)22(2)14(10,25)15(18,19)20/h4-6,10-11,25H,3H2,1-2H3,(H,21,24). The molecule has 2 rings (SSSR count). The molecule has 3 unspecified atom stereocenters. The van der Waals surface area contributed by atoms with Gasteiger partial charge >= 0.3 is 18.2 Å². The maximum Gasteiger partial charge on any atom is 0.437 e. The molecule has 0 bridgehead atoms. The summed E-state index contributed by atoms with van der Waals surface area (Å²) in [6.07, 6.45) is -5.34. The second-order valence-corrected chi connectivity index (χ2v) is 6.45. The molecule has 0 radical (unpaired) electrons. The van der Waals surface area contributed by atoms with Gasteiger partial charge in [-0.2, -0.15) is 13.2 Å². The summed E-state index contributed by atoms with van der Waals surface area (Å²) < 4.78 is 45.9. The Balaban J connectivity index is 2.68. The number of benzene rings is 1. The van der Waals surface area contributed by atoms with Crippen LogP contribution in [0, 0.1) is 5.92 Å². The van der Waals surface area contributed by atoms with Crippen LogP contribution in [0.25, 0.3) is 0 Å². The van der Waals surface area contributed by atoms with E-state index in [9.17, 15) is 27.9 Å². The number of rotatable bonds is 3. The highest BCUT2D eigenvalue weighted by atomic mass is 35.5. The predicted octanol–water partition coefficient (Wildman–Crippen LogP) is 3.12. The molecule has 1 aliphatic rings. The number of nitrogens with zero attached hydrogens (tertiary/aromatic N) is 1. The minimum atomic E-state index is -5.34. The third-order valence-corrected chi connectivity index (χ3v) is 4.68. The molecule has 6 nitrogen and oxygen atoms in total. The second-order valence-electron chi connectivity index (χ2n) is 5.61. The van der Waals surface area contributed by atoms with E-state index in [0.29, 0.717) is 0 Å². The van der Waals surface area contributed by atoms with Gasteiger partial charge in [0.25, 0.3) is 5.72 Å². The van der Waals surface area contributed by atoms with Crippen LogP contribution in [0.4, 0.5) is 18.0 Å². The van der Waals surface area contributed by atoms with Crippen molar-refractivity contribution in [3.63, 3.8) is 0 Å². The van der Waals surface area contributed by atoms with E-state index >= 15 is 0 Å². The fourth-order valence-electron chi connectivity index (χ4n) is 2.82. The average molecular weight is 415 g/mol. The molecule has 0 saturated carbocycles. The van der Waals surface area contributed by atoms with E-state index in [2.05, 4.69) is 5.32 Å². The molecule has 26 heavy (non-hydrogen) atoms. The number of carbonyl (C=O) groups excluding carboxylic acids is 2. The van der Waals surface area contributed by atoms with Crippen LogP contribution < -0.4 is 5.32 Å². The Morgan fingerprint density at radius 3 is 2.54 bits per heavy atom. The van der Waals surface area contributed by atoms with Crippen LogP contribution in [0.5, 0.6) is 0 Å². The highest BCUT2D eigenvalue weighted by Gasteiger charge is 2.70. The smallest absolute Gasteiger partial charge is 0.437 e. The molecule has 144 valence electrons. The van der Waals surface area contributed by atoms with Crippen LogP contribution >= 0.6 is 23.2 Å². The topological polar surface area (TPSA) is 78.9 Å². The molecule has 1 saturated heterocycles. The Morgan fingerprint density at radius 2 is 2.04 bits per heavy atom. The first-order valence-corrected chi connectivity index (χ1v) is 8.15. The summed E-state index contributed by atoms with van der Waals surface area (Å²) in [5.74, 6) is -3.56. The Labute approximate surface area is 156 Å². The normalized spacial score (nSPS) is 26.5. The van der Waals surface area contributed by atoms with Crippen molar-refractivity contribution in [2.24, 2.45) is 5.92 Å². The van der Waals surface area contributed by atoms with E-state index in [1.165, 1.54) is 25.1 Å². The molecule has 1 heterocycles. The van der Waals surface area contributed by atoms with Crippen molar-refractivity contribution in [2.75, 3.05) is 13.7 Å². The van der Waals surface area contributed by atoms with Crippen LogP contribution in [0.2, 0.25) is 10.0 Å². The van der Waals surface area contributed by atoms with Gasteiger partial charge in [-0.1, -0.05) is 29.3 Å². The highest BCUT2D eigenvalue weighted by Crippen LogP contribution is 2.47. The molecule has 1 fully saturated rings. The van der Waals surface area contributed by atoms with Crippen LogP contribution in [-0.2, 0) is 9.53 Å². The Kier molecular flexibility index (Phi) is 5.65. The van der Waals surface area contributed by atoms with Crippen LogP contribution in [0.15, 0.2) is 18.2 Å². The van der Waals surface area contributed by atoms with Gasteiger partial charge in [0.1, 0.15) is 5.92 Å². The lowest BCUT2D eigenvalue weighted by Gasteiger charge is -2.49. The molecular formula is C15H15Cl2F3N2O4. The zero-order valence-corrected chi connectivity index (χ0v) is 15.1. The molecule has 2 N–H and O–H groups in total. The highest BCUT2D eigenvalue weighted by molar-refractivity contribution is 6.35. The number of alkyl halides is 3. The summed E-state index contributed by atoms with van der Waals surface area (Å²) in [5.41, 5.74) is -3.81. The maximum absolute atomic E-state index is 13.7. The van der Waals surface area contributed by atoms with Crippen molar-refractivity contribution >= 4 is 35.2 Å². The Hall–Kier alpha value is -1.71. The zero-order chi connectivity index (χ0) is 19.9. The molecule has 0 aromatic heterocycles. The number of urea groups is 1. The van der Waals surface area contributed by atoms with Crippen LogP contribution in [-0.4, -0.2) is 47.6 Å². The van der Waals surface area contributed by atoms with Crippen molar-refractivity contribution in [3.8, 4) is 0 Å². The summed E-state index contributed by atoms with van der Waals surface area (Å²) in [4.78, 5) is 24.4. The van der Waals surface area contributed by atoms with Crippen LogP contribution in [0.1, 0.15) is 18.5 Å². The number of nitrogens with one attached hydrogen (secondary N) is 1. The third kappa shape index (κ3) is 3.30. The quantitative estimate of drug-likeness (QED) is 0.744. The van der Waals surface area contributed by atoms with Crippen LogP contribution in [0.3, 0.4) is 0 Å². The first-order valence-electron chi connectivity index (χ1n) is 7.40. The lowest BCUT2D eigenvalue weighted by atomic mass is 9.81. The number of ether oxygens (including phenoxy) is 1. The largest absolute Gasteiger partial charge is 0.466 e. The molecule has 1 aromatic carbocycles. The van der Waals surface area contributed by atoms with Gasteiger partial charge in [0.05, 0.1) is 12.6 Å². The van der Waals surface area contributed by atoms with Gasteiger partial charge in [0.2, 0.25) is 0 Å². The third-order valence-electron chi connectivity index (χ3n) is 4.12. The number of hydrogen-bond acceptors (Lipinski definition) is 4. The summed E-state index contributed by atoms with van der Waals surface area (Å²) in [6, 6.07) is 1.03. The Morgan fingerprint density at radius 1 is 1.42 bits per heavy atom. The van der Waals surface area contributed by atoms with E-state index in [0.717, 1.165) is 7.05 Å². The number of amides is 2. The monoisotopic (exact) mass is 414 g/mol. The van der Waals surface area contributed by atoms with Gasteiger partial charge in [-0.15, -0.1) is 0 Å². The Bertz CT molecular complexity index is 731. The lowest BCUT2D eigenvalue weighted by molar-refractivity contribution is -0.328. The minimum absolute atomic E-state index is 0.0155. The lowest BCUT2D eigenvalue weighted by Crippen LogP contribution is -2.73. The summed E-state index contributed by atoms with van der Waals surface area (Å²) in [5, 5.41) is 12.8. The molecule has 3 atom stereocenters. The van der Waals surface area contributed by atoms with Crippen molar-refractivity contribution in [3.05, 3.63) is 33.8 Å². The van der Waals surface area contributed by atoms with Gasteiger partial charge in [-0.25, -0.2) is 4.79 Å².